The van der Waals surface area contributed by atoms with Crippen LogP contribution in [0.1, 0.15) is 6.92 Å². The van der Waals surface area contributed by atoms with Crippen LogP contribution in [0.3, 0.4) is 0 Å². The maximum atomic E-state index is 12.3. The van der Waals surface area contributed by atoms with Gasteiger partial charge in [-0.05, 0) is 6.92 Å². The molecule has 5 heteroatoms. The van der Waals surface area contributed by atoms with Gasteiger partial charge in [0.2, 0.25) is 8.92 Å². The van der Waals surface area contributed by atoms with Crippen LogP contribution in [0.4, 0.5) is 4.39 Å². The minimum absolute atomic E-state index is 0.974. The second kappa shape index (κ2) is 2.37. The van der Waals surface area contributed by atoms with Crippen molar-refractivity contribution < 1.29 is 4.39 Å². The van der Waals surface area contributed by atoms with E-state index in [1.165, 1.54) is 0 Å². The highest BCUT2D eigenvalue weighted by Gasteiger charge is 2.43. The van der Waals surface area contributed by atoms with E-state index in [-0.39, 0.29) is 0 Å². The lowest BCUT2D eigenvalue weighted by atomic mass is 10.5. The van der Waals surface area contributed by atoms with E-state index in [9.17, 15) is 4.39 Å². The Labute approximate surface area is 66.8 Å². The Morgan fingerprint density at radius 2 is 1.25 bits per heavy atom. The Morgan fingerprint density at radius 1 is 1.12 bits per heavy atom. The summed E-state index contributed by atoms with van der Waals surface area (Å²) in [4.78, 5) is 0. The molecule has 8 heavy (non-hydrogen) atoms. The number of halogens is 5. The monoisotopic (exact) mass is 198 g/mol. The third kappa shape index (κ3) is 2.58. The highest BCUT2D eigenvalue weighted by Crippen LogP contribution is 2.43. The van der Waals surface area contributed by atoms with Gasteiger partial charge in [-0.25, -0.2) is 4.39 Å². The van der Waals surface area contributed by atoms with Crippen molar-refractivity contribution in [3.63, 3.8) is 0 Å². The molecule has 0 heterocycles. The van der Waals surface area contributed by atoms with Crippen molar-refractivity contribution in [2.24, 2.45) is 0 Å². The fourth-order valence-corrected chi connectivity index (χ4v) is 0. The first-order chi connectivity index (χ1) is 3.25. The largest absolute Gasteiger partial charge is 0.237 e. The first-order valence-corrected chi connectivity index (χ1v) is 3.21. The zero-order valence-electron chi connectivity index (χ0n) is 3.89. The molecule has 0 saturated heterocycles. The molecule has 0 aliphatic heterocycles. The first kappa shape index (κ1) is 9.09. The van der Waals surface area contributed by atoms with E-state index in [0.717, 1.165) is 6.92 Å². The molecule has 1 atom stereocenters. The maximum Gasteiger partial charge on any atom is 0.237 e. The fourth-order valence-electron chi connectivity index (χ4n) is 0. The van der Waals surface area contributed by atoms with Crippen LogP contribution >= 0.6 is 46.4 Å². The average molecular weight is 200 g/mol. The Bertz CT molecular complexity index is 66.3. The number of hydrogen-bond acceptors (Lipinski definition) is 0. The van der Waals surface area contributed by atoms with Crippen LogP contribution in [-0.2, 0) is 0 Å². The van der Waals surface area contributed by atoms with Gasteiger partial charge < -0.3 is 0 Å². The van der Waals surface area contributed by atoms with Gasteiger partial charge in [0.15, 0.2) is 0 Å². The van der Waals surface area contributed by atoms with Gasteiger partial charge in [-0.3, -0.25) is 0 Å². The molecule has 0 saturated carbocycles. The molecule has 0 amide bonds. The molecule has 0 bridgehead atoms. The molecule has 0 aromatic rings. The molecule has 0 nitrogen and oxygen atoms in total. The number of hydrogen-bond donors (Lipinski definition) is 0. The molecule has 0 aromatic carbocycles. The highest BCUT2D eigenvalue weighted by atomic mass is 35.6. The van der Waals surface area contributed by atoms with Gasteiger partial charge in [0, 0.05) is 0 Å². The van der Waals surface area contributed by atoms with Gasteiger partial charge in [-0.15, -0.1) is 0 Å². The molecule has 0 radical (unpaired) electrons. The Morgan fingerprint density at radius 3 is 1.25 bits per heavy atom. The second-order valence-corrected chi connectivity index (χ2v) is 4.38. The Kier molecular flexibility index (Phi) is 2.70. The SMILES string of the molecule is C[C@@](F)(Cl)C(Cl)(Cl)Cl. The van der Waals surface area contributed by atoms with Crippen LogP contribution in [0.15, 0.2) is 0 Å². The van der Waals surface area contributed by atoms with Gasteiger partial charge in [0.1, 0.15) is 0 Å². The molecule has 50 valence electrons. The van der Waals surface area contributed by atoms with E-state index >= 15 is 0 Å². The summed E-state index contributed by atoms with van der Waals surface area (Å²) in [7, 11) is 0. The van der Waals surface area contributed by atoms with Gasteiger partial charge in [0.05, 0.1) is 0 Å². The predicted molar refractivity (Wildman–Crippen MR) is 35.7 cm³/mol. The van der Waals surface area contributed by atoms with Gasteiger partial charge in [-0.2, -0.15) is 0 Å². The van der Waals surface area contributed by atoms with Gasteiger partial charge in [0.25, 0.3) is 0 Å². The van der Waals surface area contributed by atoms with Crippen molar-refractivity contribution in [1.29, 1.82) is 0 Å². The van der Waals surface area contributed by atoms with Crippen LogP contribution in [0, 0.1) is 0 Å². The number of alkyl halides is 5. The molecule has 0 aliphatic carbocycles. The summed E-state index contributed by atoms with van der Waals surface area (Å²) >= 11 is 20.0. The summed E-state index contributed by atoms with van der Waals surface area (Å²) in [5.74, 6) is 0. The highest BCUT2D eigenvalue weighted by molar-refractivity contribution is 6.70. The van der Waals surface area contributed by atoms with Crippen molar-refractivity contribution in [2.75, 3.05) is 0 Å². The van der Waals surface area contributed by atoms with Crippen LogP contribution in [0.5, 0.6) is 0 Å². The van der Waals surface area contributed by atoms with Gasteiger partial charge >= 0.3 is 0 Å². The van der Waals surface area contributed by atoms with Crippen LogP contribution < -0.4 is 0 Å². The average Bonchev–Trinajstić information content (AvgIpc) is 1.25. The summed E-state index contributed by atoms with van der Waals surface area (Å²) in [5, 5.41) is -2.29. The summed E-state index contributed by atoms with van der Waals surface area (Å²) in [5.41, 5.74) is 0. The van der Waals surface area contributed by atoms with Crippen molar-refractivity contribution in [3.05, 3.63) is 0 Å². The third-order valence-electron chi connectivity index (χ3n) is 0.498. The lowest BCUT2D eigenvalue weighted by molar-refractivity contribution is 0.311. The second-order valence-electron chi connectivity index (χ2n) is 1.39. The summed E-state index contributed by atoms with van der Waals surface area (Å²) in [6, 6.07) is 0. The van der Waals surface area contributed by atoms with Crippen LogP contribution in [0.25, 0.3) is 0 Å². The van der Waals surface area contributed by atoms with Crippen molar-refractivity contribution >= 4 is 46.4 Å². The molecule has 0 spiro atoms. The van der Waals surface area contributed by atoms with E-state index in [2.05, 4.69) is 0 Å². The normalized spacial score (nSPS) is 20.2. The Hall–Kier alpha value is 1.09. The van der Waals surface area contributed by atoms with Crippen LogP contribution in [0.2, 0.25) is 0 Å². The molecule has 0 rings (SSSR count). The standard InChI is InChI=1S/C3H3Cl4F/c1-2(4,8)3(5,6)7/h1H3/t2-/m0/s1. The molecule has 0 aliphatic rings. The van der Waals surface area contributed by atoms with E-state index in [1.54, 1.807) is 0 Å². The topological polar surface area (TPSA) is 0 Å². The lowest BCUT2D eigenvalue weighted by Gasteiger charge is -2.19. The molecule has 0 unspecified atom stereocenters. The molecule has 0 N–H and O–H groups in total. The first-order valence-electron chi connectivity index (χ1n) is 1.69. The Balaban J connectivity index is 4.02. The predicted octanol–water partition coefficient (Wildman–Crippen LogP) is 3.28. The van der Waals surface area contributed by atoms with Crippen molar-refractivity contribution in [1.82, 2.24) is 0 Å². The van der Waals surface area contributed by atoms with Gasteiger partial charge in [-0.1, -0.05) is 46.4 Å². The quantitative estimate of drug-likeness (QED) is 0.526. The van der Waals surface area contributed by atoms with Crippen molar-refractivity contribution in [3.8, 4) is 0 Å². The number of rotatable bonds is 0. The molecule has 0 fully saturated rings. The van der Waals surface area contributed by atoms with E-state index in [4.69, 9.17) is 46.4 Å². The zero-order chi connectivity index (χ0) is 7.00. The fraction of sp³-hybridized carbons (Fsp3) is 1.00. The molecule has 0 aromatic heterocycles. The summed E-state index contributed by atoms with van der Waals surface area (Å²) < 4.78 is 10.2. The summed E-state index contributed by atoms with van der Waals surface area (Å²) in [6.07, 6.45) is 0. The third-order valence-corrected chi connectivity index (χ3v) is 2.14. The minimum atomic E-state index is -2.29. The van der Waals surface area contributed by atoms with Crippen LogP contribution in [-0.4, -0.2) is 8.92 Å². The zero-order valence-corrected chi connectivity index (χ0v) is 6.91. The minimum Gasteiger partial charge on any atom is -0.222 e. The molecular formula is C3H3Cl4F. The smallest absolute Gasteiger partial charge is 0.222 e. The lowest BCUT2D eigenvalue weighted by Crippen LogP contribution is -2.27. The molecular weight excluding hydrogens is 197 g/mol. The van der Waals surface area contributed by atoms with Crippen molar-refractivity contribution in [2.45, 2.75) is 15.8 Å². The maximum absolute atomic E-state index is 12.3. The summed E-state index contributed by atoms with van der Waals surface area (Å²) in [6.45, 7) is 0.974. The van der Waals surface area contributed by atoms with E-state index in [1.807, 2.05) is 0 Å². The van der Waals surface area contributed by atoms with E-state index < -0.39 is 8.92 Å². The van der Waals surface area contributed by atoms with E-state index in [0.29, 0.717) is 0 Å².